The van der Waals surface area contributed by atoms with E-state index in [4.69, 9.17) is 19.9 Å². The Bertz CT molecular complexity index is 403. The van der Waals surface area contributed by atoms with Crippen molar-refractivity contribution in [3.63, 3.8) is 0 Å². The van der Waals surface area contributed by atoms with E-state index < -0.39 is 23.9 Å². The van der Waals surface area contributed by atoms with Crippen molar-refractivity contribution in [2.75, 3.05) is 39.5 Å². The van der Waals surface area contributed by atoms with Crippen molar-refractivity contribution >= 4 is 17.9 Å². The van der Waals surface area contributed by atoms with Gasteiger partial charge in [0.05, 0.1) is 32.8 Å². The minimum Gasteiger partial charge on any atom is -0.466 e. The minimum absolute atomic E-state index is 0.0840. The second-order valence-electron chi connectivity index (χ2n) is 5.40. The molecule has 0 aromatic carbocycles. The van der Waals surface area contributed by atoms with Gasteiger partial charge in [-0.1, -0.05) is 6.42 Å². The number of carbonyl (C=O) groups is 3. The Labute approximate surface area is 150 Å². The van der Waals surface area contributed by atoms with E-state index in [2.05, 4.69) is 0 Å². The zero-order chi connectivity index (χ0) is 19.1. The van der Waals surface area contributed by atoms with Crippen LogP contribution in [0.5, 0.6) is 0 Å². The van der Waals surface area contributed by atoms with Gasteiger partial charge in [-0.3, -0.25) is 19.3 Å². The summed E-state index contributed by atoms with van der Waals surface area (Å²) >= 11 is 0. The SMILES string of the molecule is CCOC(=O)C[C@@H](C(=O)OCC)N(CCCCCN)CC(=O)OCC. The number of carbonyl (C=O) groups excluding carboxylic acids is 3. The highest BCUT2D eigenvalue weighted by Crippen LogP contribution is 2.11. The Morgan fingerprint density at radius 2 is 1.48 bits per heavy atom. The van der Waals surface area contributed by atoms with Gasteiger partial charge in [0.2, 0.25) is 0 Å². The molecule has 0 heterocycles. The molecule has 0 aliphatic carbocycles. The average molecular weight is 360 g/mol. The predicted molar refractivity (Wildman–Crippen MR) is 92.8 cm³/mol. The van der Waals surface area contributed by atoms with Crippen LogP contribution in [0.1, 0.15) is 46.5 Å². The molecule has 0 radical (unpaired) electrons. The monoisotopic (exact) mass is 360 g/mol. The van der Waals surface area contributed by atoms with Gasteiger partial charge < -0.3 is 19.9 Å². The number of hydrogen-bond acceptors (Lipinski definition) is 8. The Morgan fingerprint density at radius 1 is 0.880 bits per heavy atom. The molecule has 0 amide bonds. The first-order chi connectivity index (χ1) is 12.0. The van der Waals surface area contributed by atoms with Crippen LogP contribution in [0.15, 0.2) is 0 Å². The lowest BCUT2D eigenvalue weighted by molar-refractivity contribution is -0.158. The molecule has 0 bridgehead atoms. The first kappa shape index (κ1) is 23.3. The summed E-state index contributed by atoms with van der Waals surface area (Å²) in [5.41, 5.74) is 5.49. The van der Waals surface area contributed by atoms with Crippen molar-refractivity contribution in [3.05, 3.63) is 0 Å². The molecule has 0 unspecified atom stereocenters. The molecule has 25 heavy (non-hydrogen) atoms. The van der Waals surface area contributed by atoms with Crippen molar-refractivity contribution in [3.8, 4) is 0 Å². The minimum atomic E-state index is -0.874. The Morgan fingerprint density at radius 3 is 2.04 bits per heavy atom. The zero-order valence-corrected chi connectivity index (χ0v) is 15.6. The standard InChI is InChI=1S/C17H32N2O6/c1-4-23-15(20)12-14(17(22)25-6-3)19(11-9-7-8-10-18)13-16(21)24-5-2/h14H,4-13,18H2,1-3H3/t14-/m0/s1. The molecule has 0 aromatic heterocycles. The lowest BCUT2D eigenvalue weighted by Gasteiger charge is -2.28. The van der Waals surface area contributed by atoms with Crippen LogP contribution in [0.3, 0.4) is 0 Å². The average Bonchev–Trinajstić information content (AvgIpc) is 2.56. The largest absolute Gasteiger partial charge is 0.466 e. The summed E-state index contributed by atoms with van der Waals surface area (Å²) in [7, 11) is 0. The fourth-order valence-electron chi connectivity index (χ4n) is 2.33. The van der Waals surface area contributed by atoms with Crippen LogP contribution in [-0.4, -0.2) is 68.3 Å². The van der Waals surface area contributed by atoms with Gasteiger partial charge in [0.25, 0.3) is 0 Å². The molecular formula is C17H32N2O6. The molecule has 0 spiro atoms. The number of nitrogens with two attached hydrogens (primary N) is 1. The Hall–Kier alpha value is -1.67. The van der Waals surface area contributed by atoms with Crippen LogP contribution in [0.4, 0.5) is 0 Å². The van der Waals surface area contributed by atoms with E-state index in [1.54, 1.807) is 25.7 Å². The molecule has 0 aromatic rings. The Kier molecular flexibility index (Phi) is 13.7. The number of ether oxygens (including phenoxy) is 3. The third-order valence-electron chi connectivity index (χ3n) is 3.45. The van der Waals surface area contributed by atoms with Gasteiger partial charge in [0.15, 0.2) is 0 Å². The smallest absolute Gasteiger partial charge is 0.323 e. The fourth-order valence-corrected chi connectivity index (χ4v) is 2.33. The van der Waals surface area contributed by atoms with Crippen molar-refractivity contribution in [2.45, 2.75) is 52.5 Å². The van der Waals surface area contributed by atoms with E-state index in [0.29, 0.717) is 13.1 Å². The molecule has 0 aliphatic heterocycles. The molecule has 0 rings (SSSR count). The summed E-state index contributed by atoms with van der Waals surface area (Å²) in [5, 5.41) is 0. The summed E-state index contributed by atoms with van der Waals surface area (Å²) in [4.78, 5) is 37.7. The molecule has 146 valence electrons. The van der Waals surface area contributed by atoms with E-state index in [1.165, 1.54) is 0 Å². The highest BCUT2D eigenvalue weighted by atomic mass is 16.5. The van der Waals surface area contributed by atoms with Crippen LogP contribution in [0, 0.1) is 0 Å². The van der Waals surface area contributed by atoms with E-state index in [1.807, 2.05) is 0 Å². The first-order valence-corrected chi connectivity index (χ1v) is 8.92. The number of unbranched alkanes of at least 4 members (excludes halogenated alkanes) is 2. The first-order valence-electron chi connectivity index (χ1n) is 8.92. The highest BCUT2D eigenvalue weighted by Gasteiger charge is 2.31. The third-order valence-corrected chi connectivity index (χ3v) is 3.45. The molecule has 0 saturated carbocycles. The zero-order valence-electron chi connectivity index (χ0n) is 15.6. The van der Waals surface area contributed by atoms with Crippen LogP contribution in [0.2, 0.25) is 0 Å². The highest BCUT2D eigenvalue weighted by molar-refractivity contribution is 5.83. The molecule has 8 nitrogen and oxygen atoms in total. The van der Waals surface area contributed by atoms with Crippen molar-refractivity contribution in [1.29, 1.82) is 0 Å². The van der Waals surface area contributed by atoms with E-state index in [0.717, 1.165) is 19.3 Å². The van der Waals surface area contributed by atoms with Gasteiger partial charge in [0, 0.05) is 0 Å². The normalized spacial score (nSPS) is 11.9. The van der Waals surface area contributed by atoms with Crippen molar-refractivity contribution in [1.82, 2.24) is 4.90 Å². The van der Waals surface area contributed by atoms with Gasteiger partial charge >= 0.3 is 17.9 Å². The lowest BCUT2D eigenvalue weighted by atomic mass is 10.1. The molecule has 0 aliphatic rings. The van der Waals surface area contributed by atoms with Crippen molar-refractivity contribution < 1.29 is 28.6 Å². The maximum Gasteiger partial charge on any atom is 0.323 e. The number of esters is 3. The van der Waals surface area contributed by atoms with Crippen LogP contribution in [0.25, 0.3) is 0 Å². The number of nitrogens with zero attached hydrogens (tertiary/aromatic N) is 1. The number of rotatable bonds is 14. The van der Waals surface area contributed by atoms with Gasteiger partial charge in [-0.2, -0.15) is 0 Å². The van der Waals surface area contributed by atoms with Crippen LogP contribution >= 0.6 is 0 Å². The summed E-state index contributed by atoms with van der Waals surface area (Å²) < 4.78 is 15.0. The molecule has 0 fully saturated rings. The second-order valence-corrected chi connectivity index (χ2v) is 5.40. The molecule has 1 atom stereocenters. The van der Waals surface area contributed by atoms with E-state index >= 15 is 0 Å². The van der Waals surface area contributed by atoms with Gasteiger partial charge in [-0.05, 0) is 46.7 Å². The fraction of sp³-hybridized carbons (Fsp3) is 0.824. The van der Waals surface area contributed by atoms with Crippen LogP contribution < -0.4 is 5.73 Å². The topological polar surface area (TPSA) is 108 Å². The molecule has 2 N–H and O–H groups in total. The summed E-state index contributed by atoms with van der Waals surface area (Å²) in [6.45, 7) is 6.73. The van der Waals surface area contributed by atoms with Crippen molar-refractivity contribution in [2.24, 2.45) is 5.73 Å². The summed E-state index contributed by atoms with van der Waals surface area (Å²) in [6.07, 6.45) is 2.30. The second kappa shape index (κ2) is 14.7. The molecular weight excluding hydrogens is 328 g/mol. The summed E-state index contributed by atoms with van der Waals surface area (Å²) in [5.74, 6) is -1.49. The Balaban J connectivity index is 5.12. The predicted octanol–water partition coefficient (Wildman–Crippen LogP) is 0.865. The number of hydrogen-bond donors (Lipinski definition) is 1. The third kappa shape index (κ3) is 10.7. The molecule has 8 heteroatoms. The van der Waals surface area contributed by atoms with Gasteiger partial charge in [0.1, 0.15) is 6.04 Å². The maximum absolute atomic E-state index is 12.3. The van der Waals surface area contributed by atoms with Gasteiger partial charge in [-0.25, -0.2) is 0 Å². The summed E-state index contributed by atoms with van der Waals surface area (Å²) in [6, 6.07) is -0.874. The lowest BCUT2D eigenvalue weighted by Crippen LogP contribution is -2.47. The van der Waals surface area contributed by atoms with E-state index in [-0.39, 0.29) is 32.8 Å². The quantitative estimate of drug-likeness (QED) is 0.276. The van der Waals surface area contributed by atoms with Crippen LogP contribution in [-0.2, 0) is 28.6 Å². The van der Waals surface area contributed by atoms with E-state index in [9.17, 15) is 14.4 Å². The molecule has 0 saturated heterocycles. The van der Waals surface area contributed by atoms with Gasteiger partial charge in [-0.15, -0.1) is 0 Å². The maximum atomic E-state index is 12.3.